The van der Waals surface area contributed by atoms with Crippen LogP contribution >= 0.6 is 23.2 Å². The highest BCUT2D eigenvalue weighted by Crippen LogP contribution is 2.25. The van der Waals surface area contributed by atoms with Crippen LogP contribution in [0.1, 0.15) is 21.0 Å². The zero-order valence-electron chi connectivity index (χ0n) is 10.2. The lowest BCUT2D eigenvalue weighted by molar-refractivity contribution is 0.0692. The van der Waals surface area contributed by atoms with Gasteiger partial charge in [-0.25, -0.2) is 9.78 Å². The summed E-state index contributed by atoms with van der Waals surface area (Å²) in [6, 6.07) is 4.36. The molecule has 0 aromatic carbocycles. The third-order valence-electron chi connectivity index (χ3n) is 2.61. The van der Waals surface area contributed by atoms with Crippen molar-refractivity contribution < 1.29 is 14.7 Å². The molecule has 2 heterocycles. The van der Waals surface area contributed by atoms with Gasteiger partial charge in [-0.2, -0.15) is 0 Å². The number of aromatic nitrogens is 2. The first-order chi connectivity index (χ1) is 9.41. The maximum Gasteiger partial charge on any atom is 0.356 e. The van der Waals surface area contributed by atoms with Gasteiger partial charge in [-0.05, 0) is 18.2 Å². The summed E-state index contributed by atoms with van der Waals surface area (Å²) in [6.07, 6.45) is 1.33. The highest BCUT2D eigenvalue weighted by Gasteiger charge is 2.18. The molecule has 1 amide bonds. The maximum absolute atomic E-state index is 12.1. The molecule has 0 aliphatic carbocycles. The average Bonchev–Trinajstić information content (AvgIpc) is 2.67. The third-order valence-corrected chi connectivity index (χ3v) is 3.45. The summed E-state index contributed by atoms with van der Waals surface area (Å²) in [5.74, 6) is -1.76. The van der Waals surface area contributed by atoms with E-state index in [0.717, 1.165) is 0 Å². The lowest BCUT2D eigenvalue weighted by atomic mass is 10.3. The number of aromatic carboxylic acids is 1. The van der Waals surface area contributed by atoms with Crippen molar-refractivity contribution in [3.63, 3.8) is 0 Å². The quantitative estimate of drug-likeness (QED) is 0.912. The average molecular weight is 314 g/mol. The minimum absolute atomic E-state index is 0.0958. The fraction of sp³-hybridized carbons (Fsp3) is 0.0833. The molecular weight excluding hydrogens is 305 g/mol. The van der Waals surface area contributed by atoms with E-state index in [0.29, 0.717) is 0 Å². The van der Waals surface area contributed by atoms with Crippen molar-refractivity contribution in [2.24, 2.45) is 7.05 Å². The first-order valence-corrected chi connectivity index (χ1v) is 6.17. The second-order valence-electron chi connectivity index (χ2n) is 3.89. The molecule has 0 saturated heterocycles. The zero-order chi connectivity index (χ0) is 14.9. The number of amides is 1. The molecular formula is C12H9Cl2N3O3. The smallest absolute Gasteiger partial charge is 0.356 e. The largest absolute Gasteiger partial charge is 0.476 e. The van der Waals surface area contributed by atoms with E-state index in [9.17, 15) is 9.59 Å². The van der Waals surface area contributed by atoms with Gasteiger partial charge in [-0.15, -0.1) is 0 Å². The van der Waals surface area contributed by atoms with Gasteiger partial charge in [0.15, 0.2) is 5.69 Å². The van der Waals surface area contributed by atoms with Gasteiger partial charge in [0.1, 0.15) is 10.8 Å². The van der Waals surface area contributed by atoms with E-state index in [-0.39, 0.29) is 27.3 Å². The van der Waals surface area contributed by atoms with Crippen LogP contribution in [-0.2, 0) is 7.05 Å². The highest BCUT2D eigenvalue weighted by atomic mass is 35.5. The van der Waals surface area contributed by atoms with E-state index in [2.05, 4.69) is 10.3 Å². The molecule has 0 spiro atoms. The number of carboxylic acids is 1. The van der Waals surface area contributed by atoms with Gasteiger partial charge in [0.05, 0.1) is 10.7 Å². The van der Waals surface area contributed by atoms with Crippen LogP contribution in [0.25, 0.3) is 0 Å². The first kappa shape index (κ1) is 14.4. The second-order valence-corrected chi connectivity index (χ2v) is 4.65. The topological polar surface area (TPSA) is 84.2 Å². The lowest BCUT2D eigenvalue weighted by Crippen LogP contribution is -2.18. The zero-order valence-corrected chi connectivity index (χ0v) is 11.7. The van der Waals surface area contributed by atoms with E-state index in [1.165, 1.54) is 29.0 Å². The van der Waals surface area contributed by atoms with Crippen molar-refractivity contribution in [1.29, 1.82) is 0 Å². The summed E-state index contributed by atoms with van der Waals surface area (Å²) in [6.45, 7) is 0. The van der Waals surface area contributed by atoms with Crippen LogP contribution in [0.15, 0.2) is 24.4 Å². The number of anilines is 1. The molecule has 0 bridgehead atoms. The van der Waals surface area contributed by atoms with E-state index in [1.807, 2.05) is 0 Å². The Kier molecular flexibility index (Phi) is 3.96. The summed E-state index contributed by atoms with van der Waals surface area (Å²) in [5, 5.41) is 11.9. The standard InChI is InChI=1S/C12H9Cl2N3O3/c1-17-8(5-6(13)10(17)14)11(18)16-7-3-2-4-15-9(7)12(19)20/h2-5H,1H3,(H,16,18)(H,19,20). The summed E-state index contributed by atoms with van der Waals surface area (Å²) < 4.78 is 1.40. The number of nitrogens with zero attached hydrogens (tertiary/aromatic N) is 2. The number of halogens is 2. The van der Waals surface area contributed by atoms with Crippen LogP contribution in [0.3, 0.4) is 0 Å². The van der Waals surface area contributed by atoms with Crippen LogP contribution in [0.5, 0.6) is 0 Å². The fourth-order valence-electron chi connectivity index (χ4n) is 1.62. The number of carboxylic acid groups (broad SMARTS) is 1. The summed E-state index contributed by atoms with van der Waals surface area (Å²) in [4.78, 5) is 26.8. The van der Waals surface area contributed by atoms with Crippen LogP contribution < -0.4 is 5.32 Å². The van der Waals surface area contributed by atoms with Gasteiger partial charge < -0.3 is 15.0 Å². The molecule has 0 saturated carbocycles. The lowest BCUT2D eigenvalue weighted by Gasteiger charge is -2.08. The molecule has 0 fully saturated rings. The Morgan fingerprint density at radius 2 is 2.10 bits per heavy atom. The predicted octanol–water partition coefficient (Wildman–Crippen LogP) is 2.68. The van der Waals surface area contributed by atoms with Crippen molar-refractivity contribution in [2.75, 3.05) is 5.32 Å². The first-order valence-electron chi connectivity index (χ1n) is 5.42. The van der Waals surface area contributed by atoms with Gasteiger partial charge in [0.2, 0.25) is 0 Å². The van der Waals surface area contributed by atoms with Crippen molar-refractivity contribution in [3.8, 4) is 0 Å². The summed E-state index contributed by atoms with van der Waals surface area (Å²) >= 11 is 11.7. The Labute approximate surface area is 123 Å². The van der Waals surface area contributed by atoms with Gasteiger partial charge in [0, 0.05) is 13.2 Å². The van der Waals surface area contributed by atoms with Gasteiger partial charge in [0.25, 0.3) is 5.91 Å². The molecule has 6 nitrogen and oxygen atoms in total. The molecule has 104 valence electrons. The Bertz CT molecular complexity index is 697. The van der Waals surface area contributed by atoms with Crippen LogP contribution in [0, 0.1) is 0 Å². The van der Waals surface area contributed by atoms with Crippen LogP contribution in [-0.4, -0.2) is 26.5 Å². The summed E-state index contributed by atoms with van der Waals surface area (Å²) in [5.41, 5.74) is 0.0610. The molecule has 8 heteroatoms. The Morgan fingerprint density at radius 1 is 1.40 bits per heavy atom. The Balaban J connectivity index is 2.33. The SMILES string of the molecule is Cn1c(C(=O)Nc2cccnc2C(=O)O)cc(Cl)c1Cl. The number of carbonyl (C=O) groups excluding carboxylic acids is 1. The van der Waals surface area contributed by atoms with E-state index < -0.39 is 11.9 Å². The van der Waals surface area contributed by atoms with Crippen LogP contribution in [0.4, 0.5) is 5.69 Å². The predicted molar refractivity (Wildman–Crippen MR) is 74.6 cm³/mol. The number of hydrogen-bond donors (Lipinski definition) is 2. The Morgan fingerprint density at radius 3 is 2.65 bits per heavy atom. The molecule has 2 aromatic rings. The van der Waals surface area contributed by atoms with Gasteiger partial charge >= 0.3 is 5.97 Å². The molecule has 0 radical (unpaired) electrons. The van der Waals surface area contributed by atoms with Gasteiger partial charge in [-0.1, -0.05) is 23.2 Å². The van der Waals surface area contributed by atoms with E-state index in [4.69, 9.17) is 28.3 Å². The number of pyridine rings is 1. The molecule has 0 atom stereocenters. The van der Waals surface area contributed by atoms with Crippen molar-refractivity contribution in [1.82, 2.24) is 9.55 Å². The van der Waals surface area contributed by atoms with Gasteiger partial charge in [-0.3, -0.25) is 4.79 Å². The van der Waals surface area contributed by atoms with Crippen molar-refractivity contribution in [2.45, 2.75) is 0 Å². The number of rotatable bonds is 3. The third kappa shape index (κ3) is 2.61. The van der Waals surface area contributed by atoms with E-state index >= 15 is 0 Å². The number of hydrogen-bond acceptors (Lipinski definition) is 3. The Hall–Kier alpha value is -2.05. The summed E-state index contributed by atoms with van der Waals surface area (Å²) in [7, 11) is 1.57. The maximum atomic E-state index is 12.1. The minimum atomic E-state index is -1.23. The minimum Gasteiger partial charge on any atom is -0.476 e. The van der Waals surface area contributed by atoms with Crippen LogP contribution in [0.2, 0.25) is 10.2 Å². The molecule has 0 unspecified atom stereocenters. The second kappa shape index (κ2) is 5.52. The molecule has 2 aromatic heterocycles. The van der Waals surface area contributed by atoms with Crippen molar-refractivity contribution in [3.05, 3.63) is 46.0 Å². The fourth-order valence-corrected chi connectivity index (χ4v) is 2.00. The normalized spacial score (nSPS) is 10.3. The molecule has 20 heavy (non-hydrogen) atoms. The highest BCUT2D eigenvalue weighted by molar-refractivity contribution is 6.42. The molecule has 0 aliphatic heterocycles. The molecule has 2 N–H and O–H groups in total. The van der Waals surface area contributed by atoms with Crippen molar-refractivity contribution >= 4 is 40.8 Å². The number of nitrogens with one attached hydrogen (secondary N) is 1. The van der Waals surface area contributed by atoms with E-state index in [1.54, 1.807) is 7.05 Å². The number of carbonyl (C=O) groups is 2. The molecule has 2 rings (SSSR count). The molecule has 0 aliphatic rings. The monoisotopic (exact) mass is 313 g/mol.